The summed E-state index contributed by atoms with van der Waals surface area (Å²) in [5.41, 5.74) is 4.36. The van der Waals surface area contributed by atoms with Crippen molar-refractivity contribution >= 4 is 5.97 Å². The first kappa shape index (κ1) is 22.9. The van der Waals surface area contributed by atoms with E-state index in [4.69, 9.17) is 9.47 Å². The number of rotatable bonds is 9. The number of carbonyl (C=O) groups is 1. The van der Waals surface area contributed by atoms with E-state index in [1.165, 1.54) is 0 Å². The van der Waals surface area contributed by atoms with Crippen LogP contribution in [0.3, 0.4) is 0 Å². The third kappa shape index (κ3) is 5.04. The summed E-state index contributed by atoms with van der Waals surface area (Å²) in [6.45, 7) is 5.71. The van der Waals surface area contributed by atoms with Gasteiger partial charge in [-0.1, -0.05) is 60.7 Å². The maximum Gasteiger partial charge on any atom is 0.320 e. The largest absolute Gasteiger partial charge is 0.490 e. The Hall–Kier alpha value is -3.31. The summed E-state index contributed by atoms with van der Waals surface area (Å²) in [5, 5.41) is 9.89. The monoisotopic (exact) mass is 445 g/mol. The molecule has 1 fully saturated rings. The molecule has 3 aromatic carbocycles. The summed E-state index contributed by atoms with van der Waals surface area (Å²) in [6, 6.07) is 24.0. The van der Waals surface area contributed by atoms with Crippen LogP contribution >= 0.6 is 0 Å². The maximum absolute atomic E-state index is 12.0. The average molecular weight is 446 g/mol. The van der Waals surface area contributed by atoms with Crippen LogP contribution in [0.4, 0.5) is 0 Å². The molecule has 0 bridgehead atoms. The van der Waals surface area contributed by atoms with Crippen molar-refractivity contribution in [3.8, 4) is 22.6 Å². The van der Waals surface area contributed by atoms with Crippen LogP contribution < -0.4 is 9.47 Å². The standard InChI is InChI=1S/C28H31NO4/c1-3-32-25-17-16-23(19-26(25)33-4-2)27(29-18-8-11-24(29)28(30)31)22-14-12-21(13-15-22)20-9-6-5-7-10-20/h5-7,9-10,12-17,19,24,27H,3-4,8,11,18H2,1-2H3,(H,30,31). The van der Waals surface area contributed by atoms with Crippen molar-refractivity contribution in [1.29, 1.82) is 0 Å². The van der Waals surface area contributed by atoms with Gasteiger partial charge >= 0.3 is 5.97 Å². The molecular formula is C28H31NO4. The molecule has 2 atom stereocenters. The fourth-order valence-corrected chi connectivity index (χ4v) is 4.66. The Morgan fingerprint density at radius 1 is 0.909 bits per heavy atom. The van der Waals surface area contributed by atoms with Crippen LogP contribution in [-0.4, -0.2) is 41.8 Å². The molecule has 4 rings (SSSR count). The van der Waals surface area contributed by atoms with Crippen molar-refractivity contribution < 1.29 is 19.4 Å². The minimum Gasteiger partial charge on any atom is -0.490 e. The lowest BCUT2D eigenvalue weighted by atomic mass is 9.94. The van der Waals surface area contributed by atoms with E-state index in [1.807, 2.05) is 50.2 Å². The Kier molecular flexibility index (Phi) is 7.30. The van der Waals surface area contributed by atoms with Gasteiger partial charge in [-0.25, -0.2) is 0 Å². The van der Waals surface area contributed by atoms with Crippen molar-refractivity contribution in [2.24, 2.45) is 0 Å². The van der Waals surface area contributed by atoms with Crippen LogP contribution in [0.25, 0.3) is 11.1 Å². The highest BCUT2D eigenvalue weighted by molar-refractivity contribution is 5.74. The van der Waals surface area contributed by atoms with Crippen LogP contribution in [0, 0.1) is 0 Å². The lowest BCUT2D eigenvalue weighted by molar-refractivity contribution is -0.142. The van der Waals surface area contributed by atoms with Gasteiger partial charge in [-0.3, -0.25) is 9.69 Å². The second-order valence-electron chi connectivity index (χ2n) is 8.20. The van der Waals surface area contributed by atoms with E-state index in [9.17, 15) is 9.90 Å². The molecule has 1 saturated heterocycles. The molecule has 1 N–H and O–H groups in total. The molecule has 5 heteroatoms. The van der Waals surface area contributed by atoms with Gasteiger partial charge in [0.05, 0.1) is 19.3 Å². The number of carboxylic acids is 1. The molecule has 0 saturated carbocycles. The number of ether oxygens (including phenoxy) is 2. The topological polar surface area (TPSA) is 59.0 Å². The van der Waals surface area contributed by atoms with Crippen molar-refractivity contribution in [1.82, 2.24) is 4.90 Å². The molecule has 0 amide bonds. The minimum absolute atomic E-state index is 0.187. The van der Waals surface area contributed by atoms with Gasteiger partial charge in [0.2, 0.25) is 0 Å². The number of hydrogen-bond donors (Lipinski definition) is 1. The SMILES string of the molecule is CCOc1ccc(C(c2ccc(-c3ccccc3)cc2)N2CCCC2C(=O)O)cc1OCC. The van der Waals surface area contributed by atoms with Crippen LogP contribution in [0.5, 0.6) is 11.5 Å². The van der Waals surface area contributed by atoms with Crippen molar-refractivity contribution in [3.05, 3.63) is 83.9 Å². The number of benzene rings is 3. The molecule has 3 aromatic rings. The van der Waals surface area contributed by atoms with E-state index < -0.39 is 12.0 Å². The van der Waals surface area contributed by atoms with E-state index in [0.29, 0.717) is 31.1 Å². The summed E-state index contributed by atoms with van der Waals surface area (Å²) in [4.78, 5) is 14.1. The van der Waals surface area contributed by atoms with Gasteiger partial charge in [-0.15, -0.1) is 0 Å². The average Bonchev–Trinajstić information content (AvgIpc) is 3.32. The fourth-order valence-electron chi connectivity index (χ4n) is 4.66. The van der Waals surface area contributed by atoms with Crippen molar-refractivity contribution in [2.45, 2.75) is 38.8 Å². The zero-order chi connectivity index (χ0) is 23.2. The smallest absolute Gasteiger partial charge is 0.320 e. The molecule has 0 radical (unpaired) electrons. The first-order valence-electron chi connectivity index (χ1n) is 11.7. The van der Waals surface area contributed by atoms with Crippen LogP contribution in [0.1, 0.15) is 43.9 Å². The van der Waals surface area contributed by atoms with Gasteiger partial charge < -0.3 is 14.6 Å². The Morgan fingerprint density at radius 2 is 1.55 bits per heavy atom. The predicted octanol–water partition coefficient (Wildman–Crippen LogP) is 5.79. The van der Waals surface area contributed by atoms with Gasteiger partial charge in [0, 0.05) is 6.54 Å². The highest BCUT2D eigenvalue weighted by atomic mass is 16.5. The van der Waals surface area contributed by atoms with Gasteiger partial charge in [-0.2, -0.15) is 0 Å². The Morgan fingerprint density at radius 3 is 2.21 bits per heavy atom. The number of nitrogens with zero attached hydrogens (tertiary/aromatic N) is 1. The molecule has 33 heavy (non-hydrogen) atoms. The normalized spacial score (nSPS) is 17.0. The number of aliphatic carboxylic acids is 1. The molecule has 5 nitrogen and oxygen atoms in total. The predicted molar refractivity (Wildman–Crippen MR) is 130 cm³/mol. The Balaban J connectivity index is 1.76. The van der Waals surface area contributed by atoms with Crippen LogP contribution in [0.2, 0.25) is 0 Å². The highest BCUT2D eigenvalue weighted by Crippen LogP contribution is 2.39. The first-order valence-corrected chi connectivity index (χ1v) is 11.7. The maximum atomic E-state index is 12.0. The lowest BCUT2D eigenvalue weighted by Crippen LogP contribution is -2.39. The van der Waals surface area contributed by atoms with E-state index in [-0.39, 0.29) is 6.04 Å². The number of carboxylic acid groups (broad SMARTS) is 1. The minimum atomic E-state index is -0.769. The third-order valence-corrected chi connectivity index (χ3v) is 6.13. The van der Waals surface area contributed by atoms with Crippen molar-refractivity contribution in [2.75, 3.05) is 19.8 Å². The second-order valence-corrected chi connectivity index (χ2v) is 8.20. The Bertz CT molecular complexity index is 1070. The van der Waals surface area contributed by atoms with E-state index >= 15 is 0 Å². The van der Waals surface area contributed by atoms with E-state index in [1.54, 1.807) is 0 Å². The fraction of sp³-hybridized carbons (Fsp3) is 0.321. The molecular weight excluding hydrogens is 414 g/mol. The van der Waals surface area contributed by atoms with E-state index in [2.05, 4.69) is 41.3 Å². The molecule has 2 unspecified atom stereocenters. The third-order valence-electron chi connectivity index (χ3n) is 6.13. The summed E-state index contributed by atoms with van der Waals surface area (Å²) < 4.78 is 11.6. The summed E-state index contributed by atoms with van der Waals surface area (Å²) >= 11 is 0. The molecule has 172 valence electrons. The molecule has 0 spiro atoms. The zero-order valence-electron chi connectivity index (χ0n) is 19.2. The molecule has 0 aliphatic carbocycles. The van der Waals surface area contributed by atoms with Gasteiger partial charge in [0.15, 0.2) is 11.5 Å². The van der Waals surface area contributed by atoms with E-state index in [0.717, 1.165) is 35.2 Å². The van der Waals surface area contributed by atoms with Crippen LogP contribution in [0.15, 0.2) is 72.8 Å². The molecule has 1 heterocycles. The summed E-state index contributed by atoms with van der Waals surface area (Å²) in [6.07, 6.45) is 1.52. The Labute approximate surface area is 195 Å². The summed E-state index contributed by atoms with van der Waals surface area (Å²) in [7, 11) is 0. The summed E-state index contributed by atoms with van der Waals surface area (Å²) in [5.74, 6) is 0.626. The number of likely N-dealkylation sites (tertiary alicyclic amines) is 1. The number of hydrogen-bond acceptors (Lipinski definition) is 4. The lowest BCUT2D eigenvalue weighted by Gasteiger charge is -2.32. The van der Waals surface area contributed by atoms with Gasteiger partial charge in [0.25, 0.3) is 0 Å². The van der Waals surface area contributed by atoms with Crippen molar-refractivity contribution in [3.63, 3.8) is 0 Å². The molecule has 1 aliphatic heterocycles. The van der Waals surface area contributed by atoms with Crippen LogP contribution in [-0.2, 0) is 4.79 Å². The second kappa shape index (κ2) is 10.5. The zero-order valence-corrected chi connectivity index (χ0v) is 19.2. The quantitative estimate of drug-likeness (QED) is 0.452. The highest BCUT2D eigenvalue weighted by Gasteiger charge is 2.37. The molecule has 0 aromatic heterocycles. The van der Waals surface area contributed by atoms with Gasteiger partial charge in [0.1, 0.15) is 6.04 Å². The molecule has 1 aliphatic rings. The first-order chi connectivity index (χ1) is 16.1. The van der Waals surface area contributed by atoms with Gasteiger partial charge in [-0.05, 0) is 61.1 Å².